The van der Waals surface area contributed by atoms with Gasteiger partial charge in [0.25, 0.3) is 11.5 Å². The summed E-state index contributed by atoms with van der Waals surface area (Å²) in [6.07, 6.45) is 4.92. The second-order valence-corrected chi connectivity index (χ2v) is 8.76. The standard InChI is InChI=1S/C25H29N5O2/c1-3-17-13-18-5-4-16(12-21(18)28-24(17)31)15-29-10-11-30(23-9-8-22(23)29)19-6-7-20(27-14-19)25(32)26-2/h4-7,12-14,22-23H,3,8-11,15H2,1-2H3,(H,26,32)(H,28,31). The number of hydrogen-bond donors (Lipinski definition) is 2. The molecule has 1 amide bonds. The average molecular weight is 432 g/mol. The van der Waals surface area contributed by atoms with Crippen LogP contribution in [0.15, 0.2) is 47.4 Å². The van der Waals surface area contributed by atoms with E-state index in [0.29, 0.717) is 17.8 Å². The Labute approximate surface area is 187 Å². The fourth-order valence-electron chi connectivity index (χ4n) is 5.05. The molecule has 5 rings (SSSR count). The molecule has 2 unspecified atom stereocenters. The lowest BCUT2D eigenvalue weighted by Gasteiger charge is -2.54. The van der Waals surface area contributed by atoms with Gasteiger partial charge in [0.15, 0.2) is 0 Å². The van der Waals surface area contributed by atoms with Gasteiger partial charge in [-0.1, -0.05) is 19.1 Å². The Morgan fingerprint density at radius 2 is 2.00 bits per heavy atom. The van der Waals surface area contributed by atoms with Gasteiger partial charge in [-0.2, -0.15) is 0 Å². The van der Waals surface area contributed by atoms with Crippen LogP contribution in [0.5, 0.6) is 0 Å². The maximum absolute atomic E-state index is 12.2. The van der Waals surface area contributed by atoms with Gasteiger partial charge >= 0.3 is 0 Å². The maximum atomic E-state index is 12.2. The lowest BCUT2D eigenvalue weighted by molar-refractivity contribution is 0.0659. The first-order valence-electron chi connectivity index (χ1n) is 11.4. The first-order valence-corrected chi connectivity index (χ1v) is 11.4. The zero-order chi connectivity index (χ0) is 22.2. The molecule has 1 aliphatic carbocycles. The Bertz CT molecular complexity index is 1200. The van der Waals surface area contributed by atoms with E-state index < -0.39 is 0 Å². The zero-order valence-electron chi connectivity index (χ0n) is 18.6. The first-order chi connectivity index (χ1) is 15.6. The van der Waals surface area contributed by atoms with E-state index in [1.54, 1.807) is 13.1 Å². The number of anilines is 1. The normalized spacial score (nSPS) is 20.6. The lowest BCUT2D eigenvalue weighted by Crippen LogP contribution is -2.64. The summed E-state index contributed by atoms with van der Waals surface area (Å²) in [7, 11) is 1.62. The summed E-state index contributed by atoms with van der Waals surface area (Å²) < 4.78 is 0. The van der Waals surface area contributed by atoms with E-state index in [9.17, 15) is 9.59 Å². The van der Waals surface area contributed by atoms with Crippen LogP contribution < -0.4 is 15.8 Å². The molecule has 2 N–H and O–H groups in total. The molecule has 7 heteroatoms. The van der Waals surface area contributed by atoms with Crippen LogP contribution in [-0.2, 0) is 13.0 Å². The summed E-state index contributed by atoms with van der Waals surface area (Å²) in [4.78, 5) is 36.4. The van der Waals surface area contributed by atoms with Crippen molar-refractivity contribution in [2.45, 2.75) is 44.8 Å². The van der Waals surface area contributed by atoms with Crippen molar-refractivity contribution in [1.82, 2.24) is 20.2 Å². The van der Waals surface area contributed by atoms with E-state index in [1.165, 1.54) is 18.4 Å². The van der Waals surface area contributed by atoms with Crippen molar-refractivity contribution in [1.29, 1.82) is 0 Å². The maximum Gasteiger partial charge on any atom is 0.269 e. The largest absolute Gasteiger partial charge is 0.364 e. The van der Waals surface area contributed by atoms with Crippen molar-refractivity contribution in [2.75, 3.05) is 25.0 Å². The average Bonchev–Trinajstić information content (AvgIpc) is 2.79. The molecule has 0 bridgehead atoms. The van der Waals surface area contributed by atoms with Gasteiger partial charge in [-0.3, -0.25) is 14.5 Å². The number of H-pyrrole nitrogens is 1. The van der Waals surface area contributed by atoms with Gasteiger partial charge in [-0.15, -0.1) is 0 Å². The number of amides is 1. The molecule has 1 saturated heterocycles. The van der Waals surface area contributed by atoms with Gasteiger partial charge in [-0.25, -0.2) is 4.98 Å². The van der Waals surface area contributed by atoms with Crippen molar-refractivity contribution in [3.05, 3.63) is 69.8 Å². The predicted octanol–water partition coefficient (Wildman–Crippen LogP) is 2.70. The van der Waals surface area contributed by atoms with E-state index in [-0.39, 0.29) is 11.5 Å². The number of fused-ring (bicyclic) bond motifs is 2. The predicted molar refractivity (Wildman–Crippen MR) is 126 cm³/mol. The number of piperazine rings is 1. The van der Waals surface area contributed by atoms with Crippen molar-refractivity contribution in [3.8, 4) is 0 Å². The highest BCUT2D eigenvalue weighted by Crippen LogP contribution is 2.37. The van der Waals surface area contributed by atoms with Gasteiger partial charge in [-0.05, 0) is 54.5 Å². The molecule has 2 aromatic heterocycles. The molecule has 2 aliphatic rings. The Morgan fingerprint density at radius 3 is 2.69 bits per heavy atom. The highest BCUT2D eigenvalue weighted by molar-refractivity contribution is 5.92. The van der Waals surface area contributed by atoms with Gasteiger partial charge < -0.3 is 15.2 Å². The number of benzene rings is 1. The summed E-state index contributed by atoms with van der Waals surface area (Å²) >= 11 is 0. The summed E-state index contributed by atoms with van der Waals surface area (Å²) in [6.45, 7) is 4.80. The van der Waals surface area contributed by atoms with Gasteiger partial charge in [0.05, 0.1) is 11.9 Å². The highest BCUT2D eigenvalue weighted by atomic mass is 16.1. The van der Waals surface area contributed by atoms with E-state index in [4.69, 9.17) is 0 Å². The Balaban J connectivity index is 1.30. The Hall–Kier alpha value is -3.19. The quantitative estimate of drug-likeness (QED) is 0.649. The molecular weight excluding hydrogens is 402 g/mol. The van der Waals surface area contributed by atoms with Crippen molar-refractivity contribution >= 4 is 22.5 Å². The van der Waals surface area contributed by atoms with Gasteiger partial charge in [0, 0.05) is 49.8 Å². The van der Waals surface area contributed by atoms with E-state index in [2.05, 4.69) is 43.3 Å². The molecular formula is C25H29N5O2. The van der Waals surface area contributed by atoms with Crippen LogP contribution in [-0.4, -0.2) is 53.0 Å². The second kappa shape index (κ2) is 8.39. The number of aromatic nitrogens is 2. The Kier molecular flexibility index (Phi) is 5.43. The van der Waals surface area contributed by atoms with Crippen LogP contribution in [0.1, 0.15) is 41.4 Å². The number of pyridine rings is 2. The molecule has 3 heterocycles. The van der Waals surface area contributed by atoms with Crippen LogP contribution in [0.2, 0.25) is 0 Å². The lowest BCUT2D eigenvalue weighted by atomic mass is 9.81. The number of carbonyl (C=O) groups is 1. The van der Waals surface area contributed by atoms with Crippen LogP contribution in [0.4, 0.5) is 5.69 Å². The first kappa shape index (κ1) is 20.7. The summed E-state index contributed by atoms with van der Waals surface area (Å²) in [5.41, 5.74) is 4.52. The highest BCUT2D eigenvalue weighted by Gasteiger charge is 2.42. The van der Waals surface area contributed by atoms with Gasteiger partial charge in [0.1, 0.15) is 5.69 Å². The van der Waals surface area contributed by atoms with Crippen LogP contribution in [0, 0.1) is 0 Å². The SMILES string of the molecule is CCc1cc2ccc(CN3CCN(c4ccc(C(=O)NC)nc4)C4CCC43)cc2[nH]c1=O. The number of nitrogens with zero attached hydrogens (tertiary/aromatic N) is 3. The summed E-state index contributed by atoms with van der Waals surface area (Å²) in [5, 5.41) is 3.70. The third-order valence-corrected chi connectivity index (χ3v) is 6.99. The monoisotopic (exact) mass is 431 g/mol. The molecule has 1 aliphatic heterocycles. The van der Waals surface area contributed by atoms with Crippen molar-refractivity contribution < 1.29 is 4.79 Å². The van der Waals surface area contributed by atoms with Crippen molar-refractivity contribution in [3.63, 3.8) is 0 Å². The smallest absolute Gasteiger partial charge is 0.269 e. The van der Waals surface area contributed by atoms with Crippen molar-refractivity contribution in [2.24, 2.45) is 0 Å². The number of aromatic amines is 1. The fraction of sp³-hybridized carbons (Fsp3) is 0.400. The minimum atomic E-state index is -0.162. The van der Waals surface area contributed by atoms with E-state index in [0.717, 1.165) is 48.2 Å². The number of nitrogens with one attached hydrogen (secondary N) is 2. The van der Waals surface area contributed by atoms with Crippen LogP contribution in [0.25, 0.3) is 10.9 Å². The summed E-state index contributed by atoms with van der Waals surface area (Å²) in [5.74, 6) is -0.162. The number of carbonyl (C=O) groups excluding carboxylic acids is 1. The molecule has 0 radical (unpaired) electrons. The number of aryl methyl sites for hydroxylation is 1. The topological polar surface area (TPSA) is 81.3 Å². The molecule has 1 saturated carbocycles. The summed E-state index contributed by atoms with van der Waals surface area (Å²) in [6, 6.07) is 13.2. The molecule has 0 spiro atoms. The molecule has 2 atom stereocenters. The minimum Gasteiger partial charge on any atom is -0.364 e. The van der Waals surface area contributed by atoms with Crippen LogP contribution in [0.3, 0.4) is 0 Å². The fourth-order valence-corrected chi connectivity index (χ4v) is 5.05. The minimum absolute atomic E-state index is 0.0147. The number of hydrogen-bond acceptors (Lipinski definition) is 5. The molecule has 166 valence electrons. The Morgan fingerprint density at radius 1 is 1.16 bits per heavy atom. The molecule has 32 heavy (non-hydrogen) atoms. The van der Waals surface area contributed by atoms with Gasteiger partial charge in [0.2, 0.25) is 0 Å². The van der Waals surface area contributed by atoms with E-state index >= 15 is 0 Å². The molecule has 2 fully saturated rings. The molecule has 3 aromatic rings. The third-order valence-electron chi connectivity index (χ3n) is 6.99. The van der Waals surface area contributed by atoms with Crippen LogP contribution >= 0.6 is 0 Å². The zero-order valence-corrected chi connectivity index (χ0v) is 18.6. The second-order valence-electron chi connectivity index (χ2n) is 8.76. The molecule has 1 aromatic carbocycles. The third kappa shape index (κ3) is 3.66. The molecule has 7 nitrogen and oxygen atoms in total. The number of rotatable bonds is 5. The van der Waals surface area contributed by atoms with E-state index in [1.807, 2.05) is 25.3 Å².